The van der Waals surface area contributed by atoms with Gasteiger partial charge in [0.2, 0.25) is 5.91 Å². The molecule has 7 nitrogen and oxygen atoms in total. The van der Waals surface area contributed by atoms with E-state index in [1.807, 2.05) is 13.8 Å². The molecule has 1 unspecified atom stereocenters. The van der Waals surface area contributed by atoms with Crippen LogP contribution in [0.2, 0.25) is 0 Å². The number of aromatic nitrogens is 2. The fourth-order valence-corrected chi connectivity index (χ4v) is 1.74. The van der Waals surface area contributed by atoms with Crippen molar-refractivity contribution in [2.45, 2.75) is 26.8 Å². The molecule has 7 heteroatoms. The van der Waals surface area contributed by atoms with Crippen molar-refractivity contribution >= 4 is 17.7 Å². The van der Waals surface area contributed by atoms with Gasteiger partial charge in [0, 0.05) is 0 Å². The second-order valence-corrected chi connectivity index (χ2v) is 4.20. The van der Waals surface area contributed by atoms with Crippen LogP contribution in [0.3, 0.4) is 0 Å². The van der Waals surface area contributed by atoms with Gasteiger partial charge in [-0.05, 0) is 12.8 Å². The highest BCUT2D eigenvalue weighted by Crippen LogP contribution is 2.23. The standard InChI is InChI=1S/C11H18N4O3/c1-4-18-11(17)7-9(12)15(5-14-7)8(6(2)3)10(13)16/h5-6,8H,4,12H2,1-3H3,(H2,13,16). The van der Waals surface area contributed by atoms with Gasteiger partial charge in [-0.3, -0.25) is 4.79 Å². The van der Waals surface area contributed by atoms with Gasteiger partial charge >= 0.3 is 5.97 Å². The smallest absolute Gasteiger partial charge is 0.360 e. The van der Waals surface area contributed by atoms with Crippen molar-refractivity contribution in [1.82, 2.24) is 9.55 Å². The first-order valence-corrected chi connectivity index (χ1v) is 5.68. The number of carbonyl (C=O) groups is 2. The van der Waals surface area contributed by atoms with Crippen molar-refractivity contribution in [1.29, 1.82) is 0 Å². The van der Waals surface area contributed by atoms with Crippen LogP contribution < -0.4 is 11.5 Å². The molecule has 0 aromatic carbocycles. The van der Waals surface area contributed by atoms with Crippen LogP contribution in [0, 0.1) is 5.92 Å². The third-order valence-electron chi connectivity index (χ3n) is 2.52. The van der Waals surface area contributed by atoms with E-state index in [-0.39, 0.29) is 24.0 Å². The summed E-state index contributed by atoms with van der Waals surface area (Å²) in [5.41, 5.74) is 11.1. The van der Waals surface area contributed by atoms with E-state index in [1.54, 1.807) is 6.92 Å². The Labute approximate surface area is 105 Å². The Hall–Kier alpha value is -2.05. The van der Waals surface area contributed by atoms with E-state index in [4.69, 9.17) is 16.2 Å². The normalized spacial score (nSPS) is 12.4. The van der Waals surface area contributed by atoms with Crippen LogP contribution >= 0.6 is 0 Å². The Kier molecular flexibility index (Phi) is 4.30. The summed E-state index contributed by atoms with van der Waals surface area (Å²) in [7, 11) is 0. The van der Waals surface area contributed by atoms with Crippen molar-refractivity contribution in [3.63, 3.8) is 0 Å². The minimum absolute atomic E-state index is 0.00347. The largest absolute Gasteiger partial charge is 0.461 e. The maximum atomic E-state index is 11.5. The van der Waals surface area contributed by atoms with Crippen LogP contribution in [0.4, 0.5) is 5.82 Å². The fourth-order valence-electron chi connectivity index (χ4n) is 1.74. The third-order valence-corrected chi connectivity index (χ3v) is 2.52. The Morgan fingerprint density at radius 1 is 1.50 bits per heavy atom. The maximum Gasteiger partial charge on any atom is 0.360 e. The number of anilines is 1. The van der Waals surface area contributed by atoms with E-state index in [2.05, 4.69) is 4.98 Å². The molecule has 18 heavy (non-hydrogen) atoms. The molecule has 100 valence electrons. The van der Waals surface area contributed by atoms with Gasteiger partial charge in [-0.2, -0.15) is 0 Å². The van der Waals surface area contributed by atoms with E-state index in [0.29, 0.717) is 0 Å². The lowest BCUT2D eigenvalue weighted by atomic mass is 10.0. The van der Waals surface area contributed by atoms with Gasteiger partial charge in [-0.25, -0.2) is 9.78 Å². The Morgan fingerprint density at radius 3 is 2.56 bits per heavy atom. The van der Waals surface area contributed by atoms with Gasteiger partial charge in [0.25, 0.3) is 0 Å². The molecule has 0 spiro atoms. The molecule has 0 aliphatic heterocycles. The second-order valence-electron chi connectivity index (χ2n) is 4.20. The second kappa shape index (κ2) is 5.52. The van der Waals surface area contributed by atoms with E-state index in [1.165, 1.54) is 10.9 Å². The summed E-state index contributed by atoms with van der Waals surface area (Å²) < 4.78 is 6.21. The average Bonchev–Trinajstić information content (AvgIpc) is 2.60. The number of ether oxygens (including phenoxy) is 1. The molecule has 1 amide bonds. The van der Waals surface area contributed by atoms with Crippen molar-refractivity contribution in [2.24, 2.45) is 11.7 Å². The first kappa shape index (κ1) is 14.0. The average molecular weight is 254 g/mol. The number of imidazole rings is 1. The molecule has 1 aromatic heterocycles. The zero-order chi connectivity index (χ0) is 13.9. The van der Waals surface area contributed by atoms with E-state index in [0.717, 1.165) is 0 Å². The summed E-state index contributed by atoms with van der Waals surface area (Å²) in [6.45, 7) is 5.58. The van der Waals surface area contributed by atoms with Crippen LogP contribution in [0.1, 0.15) is 37.3 Å². The summed E-state index contributed by atoms with van der Waals surface area (Å²) in [4.78, 5) is 26.8. The molecule has 1 heterocycles. The molecule has 0 saturated heterocycles. The minimum atomic E-state index is -0.638. The summed E-state index contributed by atoms with van der Waals surface area (Å²) >= 11 is 0. The molecular weight excluding hydrogens is 236 g/mol. The quantitative estimate of drug-likeness (QED) is 0.735. The highest BCUT2D eigenvalue weighted by molar-refractivity contribution is 5.92. The molecule has 4 N–H and O–H groups in total. The number of nitrogens with two attached hydrogens (primary N) is 2. The zero-order valence-electron chi connectivity index (χ0n) is 10.7. The van der Waals surface area contributed by atoms with Crippen LogP contribution in [0.25, 0.3) is 0 Å². The number of rotatable bonds is 5. The topological polar surface area (TPSA) is 113 Å². The van der Waals surface area contributed by atoms with Crippen molar-refractivity contribution < 1.29 is 14.3 Å². The van der Waals surface area contributed by atoms with Gasteiger partial charge < -0.3 is 20.8 Å². The zero-order valence-corrected chi connectivity index (χ0v) is 10.7. The van der Waals surface area contributed by atoms with Crippen LogP contribution in [-0.4, -0.2) is 28.0 Å². The van der Waals surface area contributed by atoms with Gasteiger partial charge in [-0.1, -0.05) is 13.8 Å². The molecule has 1 aromatic rings. The number of nitrogen functional groups attached to an aromatic ring is 1. The molecule has 0 saturated carbocycles. The predicted octanol–water partition coefficient (Wildman–Crippen LogP) is 0.324. The molecule has 0 aliphatic rings. The van der Waals surface area contributed by atoms with Crippen LogP contribution in [0.15, 0.2) is 6.33 Å². The Balaban J connectivity index is 3.12. The first-order chi connectivity index (χ1) is 8.40. The first-order valence-electron chi connectivity index (χ1n) is 5.68. The summed E-state index contributed by atoms with van der Waals surface area (Å²) in [6, 6.07) is -0.638. The number of primary amides is 1. The van der Waals surface area contributed by atoms with Gasteiger partial charge in [0.15, 0.2) is 5.69 Å². The predicted molar refractivity (Wildman–Crippen MR) is 65.7 cm³/mol. The van der Waals surface area contributed by atoms with Crippen molar-refractivity contribution in [3.05, 3.63) is 12.0 Å². The summed E-state index contributed by atoms with van der Waals surface area (Å²) in [5, 5.41) is 0. The summed E-state index contributed by atoms with van der Waals surface area (Å²) in [6.07, 6.45) is 1.33. The number of nitrogens with zero attached hydrogens (tertiary/aromatic N) is 2. The molecule has 0 bridgehead atoms. The monoisotopic (exact) mass is 254 g/mol. The van der Waals surface area contributed by atoms with Gasteiger partial charge in [-0.15, -0.1) is 0 Å². The highest BCUT2D eigenvalue weighted by atomic mass is 16.5. The number of hydrogen-bond donors (Lipinski definition) is 2. The van der Waals surface area contributed by atoms with Crippen molar-refractivity contribution in [2.75, 3.05) is 12.3 Å². The van der Waals surface area contributed by atoms with E-state index in [9.17, 15) is 9.59 Å². The Bertz CT molecular complexity index is 453. The lowest BCUT2D eigenvalue weighted by Gasteiger charge is -2.19. The van der Waals surface area contributed by atoms with Gasteiger partial charge in [0.1, 0.15) is 11.9 Å². The lowest BCUT2D eigenvalue weighted by molar-refractivity contribution is -0.122. The number of amides is 1. The molecule has 1 atom stereocenters. The Morgan fingerprint density at radius 2 is 2.11 bits per heavy atom. The molecule has 0 radical (unpaired) electrons. The SMILES string of the molecule is CCOC(=O)c1ncn(C(C(N)=O)C(C)C)c1N. The molecular formula is C11H18N4O3. The van der Waals surface area contributed by atoms with E-state index >= 15 is 0 Å². The van der Waals surface area contributed by atoms with Gasteiger partial charge in [0.05, 0.1) is 12.9 Å². The summed E-state index contributed by atoms with van der Waals surface area (Å²) in [5.74, 6) is -1.11. The number of carbonyl (C=O) groups excluding carboxylic acids is 2. The maximum absolute atomic E-state index is 11.5. The number of esters is 1. The molecule has 1 rings (SSSR count). The minimum Gasteiger partial charge on any atom is -0.461 e. The van der Waals surface area contributed by atoms with Crippen molar-refractivity contribution in [3.8, 4) is 0 Å². The van der Waals surface area contributed by atoms with Crippen LogP contribution in [0.5, 0.6) is 0 Å². The van der Waals surface area contributed by atoms with E-state index < -0.39 is 17.9 Å². The number of hydrogen-bond acceptors (Lipinski definition) is 5. The molecule has 0 fully saturated rings. The highest BCUT2D eigenvalue weighted by Gasteiger charge is 2.26. The fraction of sp³-hybridized carbons (Fsp3) is 0.545. The van der Waals surface area contributed by atoms with Crippen LogP contribution in [-0.2, 0) is 9.53 Å². The third kappa shape index (κ3) is 2.61. The molecule has 0 aliphatic carbocycles. The lowest BCUT2D eigenvalue weighted by Crippen LogP contribution is -2.31.